The molecule has 43 heavy (non-hydrogen) atoms. The molecule has 0 spiro atoms. The second kappa shape index (κ2) is 17.9. The van der Waals surface area contributed by atoms with Gasteiger partial charge in [0.1, 0.15) is 5.82 Å². The summed E-state index contributed by atoms with van der Waals surface area (Å²) in [6.07, 6.45) is -2.51. The van der Waals surface area contributed by atoms with Gasteiger partial charge in [0.2, 0.25) is 0 Å². The van der Waals surface area contributed by atoms with E-state index in [-0.39, 0.29) is 124 Å². The normalized spacial score (nSPS) is 12.1. The average molecular weight is 740 g/mol. The summed E-state index contributed by atoms with van der Waals surface area (Å²) < 4.78 is 16.0. The number of nitrogens with zero attached hydrogens (tertiary/aromatic N) is 1. The van der Waals surface area contributed by atoms with E-state index in [1.54, 1.807) is 12.1 Å². The van der Waals surface area contributed by atoms with Gasteiger partial charge in [-0.25, -0.2) is 4.39 Å². The van der Waals surface area contributed by atoms with E-state index in [0.717, 1.165) is 11.3 Å². The van der Waals surface area contributed by atoms with Crippen LogP contribution in [0.5, 0.6) is 0 Å². The molecule has 222 valence electrons. The number of carboxylic acids is 1. The number of aliphatic hydroxyl groups excluding tert-OH is 2. The zero-order chi connectivity index (χ0) is 29.5. The number of aromatic nitrogens is 1. The summed E-state index contributed by atoms with van der Waals surface area (Å²) in [6, 6.07) is 24.8. The number of halogens is 1. The van der Waals surface area contributed by atoms with Gasteiger partial charge < -0.3 is 25.2 Å². The fourth-order valence-corrected chi connectivity index (χ4v) is 5.20. The second-order valence-electron chi connectivity index (χ2n) is 10.4. The molecule has 1 heterocycles. The molecule has 0 bridgehead atoms. The molecule has 1 amide bonds. The fourth-order valence-electron chi connectivity index (χ4n) is 5.20. The van der Waals surface area contributed by atoms with Gasteiger partial charge in [-0.1, -0.05) is 62.4 Å². The number of hydrogen-bond donors (Lipinski definition) is 4. The van der Waals surface area contributed by atoms with Gasteiger partial charge in [-0.05, 0) is 66.3 Å². The van der Waals surface area contributed by atoms with Crippen LogP contribution in [-0.4, -0.2) is 131 Å². The molecule has 0 radical (unpaired) electrons. The molecule has 10 heteroatoms. The van der Waals surface area contributed by atoms with E-state index in [0.29, 0.717) is 28.1 Å². The maximum atomic E-state index is 14.0. The summed E-state index contributed by atoms with van der Waals surface area (Å²) in [4.78, 5) is 25.0. The molecule has 0 fully saturated rings. The van der Waals surface area contributed by atoms with Crippen molar-refractivity contribution in [3.05, 3.63) is 102 Å². The molecule has 0 saturated heterocycles. The van der Waals surface area contributed by atoms with E-state index >= 15 is 0 Å². The van der Waals surface area contributed by atoms with Crippen molar-refractivity contribution in [2.75, 3.05) is 5.32 Å². The summed E-state index contributed by atoms with van der Waals surface area (Å²) in [7, 11) is 0. The van der Waals surface area contributed by atoms with Crippen LogP contribution in [0, 0.1) is 5.82 Å². The third kappa shape index (κ3) is 10.0. The molecule has 2 unspecified atom stereocenters. The minimum absolute atomic E-state index is 0. The van der Waals surface area contributed by atoms with Crippen LogP contribution < -0.4 is 5.32 Å². The molecule has 0 aliphatic heterocycles. The monoisotopic (exact) mass is 740 g/mol. The molecule has 3 aromatic carbocycles. The van der Waals surface area contributed by atoms with Gasteiger partial charge in [0.05, 0.1) is 29.9 Å². The van der Waals surface area contributed by atoms with Crippen molar-refractivity contribution in [2.24, 2.45) is 0 Å². The predicted molar refractivity (Wildman–Crippen MR) is 174 cm³/mol. The Morgan fingerprint density at radius 2 is 1.44 bits per heavy atom. The number of aliphatic carboxylic acids is 1. The molecule has 2 atom stereocenters. The number of amides is 1. The second-order valence-corrected chi connectivity index (χ2v) is 10.4. The first-order valence-corrected chi connectivity index (χ1v) is 13.7. The molecule has 4 rings (SSSR count). The van der Waals surface area contributed by atoms with E-state index < -0.39 is 24.6 Å². The van der Waals surface area contributed by atoms with Crippen LogP contribution in [0.1, 0.15) is 55.1 Å². The van der Waals surface area contributed by atoms with E-state index in [1.807, 2.05) is 79.1 Å². The Labute approximate surface area is 321 Å². The quantitative estimate of drug-likeness (QED) is 0.160. The van der Waals surface area contributed by atoms with Crippen molar-refractivity contribution in [3.63, 3.8) is 0 Å². The van der Waals surface area contributed by atoms with Gasteiger partial charge in [0, 0.05) is 23.5 Å². The molecule has 0 aliphatic carbocycles. The number of para-hydroxylation sites is 1. The van der Waals surface area contributed by atoms with Crippen LogP contribution >= 0.6 is 0 Å². The van der Waals surface area contributed by atoms with Gasteiger partial charge >= 0.3 is 92.6 Å². The number of anilines is 1. The van der Waals surface area contributed by atoms with Crippen molar-refractivity contribution < 1.29 is 29.3 Å². The maximum absolute atomic E-state index is 14.0. The minimum atomic E-state index is -1.18. The number of rotatable bonds is 12. The van der Waals surface area contributed by atoms with E-state index in [2.05, 4.69) is 5.32 Å². The topological polar surface area (TPSA) is 112 Å². The van der Waals surface area contributed by atoms with Crippen molar-refractivity contribution in [1.82, 2.24) is 4.57 Å². The summed E-state index contributed by atoms with van der Waals surface area (Å²) in [6.45, 7) is 4.25. The van der Waals surface area contributed by atoms with Crippen LogP contribution in [-0.2, 0) is 11.3 Å². The fraction of sp³-hybridized carbons (Fsp3) is 0.273. The third-order valence-electron chi connectivity index (χ3n) is 6.93. The molecule has 7 nitrogen and oxygen atoms in total. The van der Waals surface area contributed by atoms with Crippen LogP contribution in [0.15, 0.2) is 84.9 Å². The number of aliphatic hydroxyl groups is 2. The first-order valence-electron chi connectivity index (χ1n) is 13.7. The molecule has 1 aromatic heterocycles. The Hall–Kier alpha value is -1.44. The Bertz CT molecular complexity index is 1480. The van der Waals surface area contributed by atoms with Gasteiger partial charge in [0.15, 0.2) is 0 Å². The van der Waals surface area contributed by atoms with Crippen molar-refractivity contribution in [3.8, 4) is 22.4 Å². The molecule has 0 saturated carbocycles. The molecule has 4 aromatic rings. The number of carbonyl (C=O) groups excluding carboxylic acids is 1. The van der Waals surface area contributed by atoms with Crippen LogP contribution in [0.4, 0.5) is 10.1 Å². The molecular weight excluding hydrogens is 701 g/mol. The zero-order valence-electron chi connectivity index (χ0n) is 23.1. The van der Waals surface area contributed by atoms with Crippen LogP contribution in [0.25, 0.3) is 22.4 Å². The van der Waals surface area contributed by atoms with Crippen LogP contribution in [0.2, 0.25) is 0 Å². The Morgan fingerprint density at radius 3 is 2.00 bits per heavy atom. The van der Waals surface area contributed by atoms with Crippen LogP contribution in [0.3, 0.4) is 0 Å². The van der Waals surface area contributed by atoms with Crippen molar-refractivity contribution in [1.29, 1.82) is 0 Å². The van der Waals surface area contributed by atoms with Gasteiger partial charge in [0.25, 0.3) is 5.91 Å². The Balaban J connectivity index is 0.00000323. The van der Waals surface area contributed by atoms with Crippen molar-refractivity contribution in [2.45, 2.75) is 57.8 Å². The molecule has 4 N–H and O–H groups in total. The zero-order valence-corrected chi connectivity index (χ0v) is 23.1. The predicted octanol–water partition coefficient (Wildman–Crippen LogP) is 4.48. The number of benzene rings is 3. The molecule has 0 aliphatic rings. The summed E-state index contributed by atoms with van der Waals surface area (Å²) in [5.74, 6) is -1.93. The van der Waals surface area contributed by atoms with Gasteiger partial charge in [-0.2, -0.15) is 0 Å². The van der Waals surface area contributed by atoms with Gasteiger partial charge in [-0.15, -0.1) is 0 Å². The SMILES string of the molecule is CC(C)c1c(C(=O)Nc2ccccc2)c(-c2ccccc2)c(-c2ccc(F)cc2)n1CCC(O)CC(O)CC(=O)O.[BaH2].[CaH2]. The first kappa shape index (κ1) is 37.7. The number of carbonyl (C=O) groups is 2. The Morgan fingerprint density at radius 1 is 0.860 bits per heavy atom. The standard InChI is InChI=1S/C33H35FN2O5.Ba.Ca.4H/c1-21(2)31-30(33(41)35-25-11-7-4-8-12-25)29(22-9-5-3-6-10-22)32(23-13-15-24(34)16-14-23)36(31)18-17-26(37)19-27(38)20-28(39)40;;;;;;/h3-16,21,26-27,37-38H,17-20H2,1-2H3,(H,35,41)(H,39,40);;;;;;. The van der Waals surface area contributed by atoms with Gasteiger partial charge in [-0.3, -0.25) is 9.59 Å². The summed E-state index contributed by atoms with van der Waals surface area (Å²) >= 11 is 0. The Kier molecular flexibility index (Phi) is 15.7. The van der Waals surface area contributed by atoms with E-state index in [4.69, 9.17) is 5.11 Å². The summed E-state index contributed by atoms with van der Waals surface area (Å²) in [5, 5.41) is 32.8. The first-order chi connectivity index (χ1) is 19.7. The van der Waals surface area contributed by atoms with E-state index in [1.165, 1.54) is 12.1 Å². The van der Waals surface area contributed by atoms with Crippen molar-refractivity contribution >= 4 is 104 Å². The molecular formula is C33H39BaCaFN2O5. The number of carboxylic acid groups (broad SMARTS) is 1. The number of hydrogen-bond acceptors (Lipinski definition) is 4. The summed E-state index contributed by atoms with van der Waals surface area (Å²) in [5.41, 5.74) is 4.77. The average Bonchev–Trinajstić information content (AvgIpc) is 3.28. The number of nitrogens with one attached hydrogen (secondary N) is 1. The third-order valence-corrected chi connectivity index (χ3v) is 6.93. The van der Waals surface area contributed by atoms with E-state index in [9.17, 15) is 24.2 Å².